The molecule has 0 unspecified atom stereocenters. The minimum absolute atomic E-state index is 0.565. The van der Waals surface area contributed by atoms with Gasteiger partial charge in [-0.3, -0.25) is 0 Å². The van der Waals surface area contributed by atoms with Gasteiger partial charge in [0.05, 0.1) is 7.11 Å². The lowest BCUT2D eigenvalue weighted by Crippen LogP contribution is -1.87. The van der Waals surface area contributed by atoms with Gasteiger partial charge in [-0.05, 0) is 36.2 Å². The van der Waals surface area contributed by atoms with Crippen molar-refractivity contribution in [3.05, 3.63) is 35.9 Å². The van der Waals surface area contributed by atoms with Crippen LogP contribution in [0.15, 0.2) is 24.8 Å². The van der Waals surface area contributed by atoms with Crippen LogP contribution in [-0.2, 0) is 0 Å². The number of aryl methyl sites for hydroxylation is 1. The quantitative estimate of drug-likeness (QED) is 0.683. The minimum atomic E-state index is 0.565. The van der Waals surface area contributed by atoms with Gasteiger partial charge in [0.15, 0.2) is 0 Å². The van der Waals surface area contributed by atoms with E-state index >= 15 is 0 Å². The Balaban J connectivity index is 3.12. The van der Waals surface area contributed by atoms with E-state index in [1.54, 1.807) is 7.11 Å². The largest absolute Gasteiger partial charge is 0.497 e. The van der Waals surface area contributed by atoms with E-state index in [1.807, 2.05) is 25.1 Å². The zero-order valence-corrected chi connectivity index (χ0v) is 7.98. The molecular formula is C10H11ClO. The number of rotatable bonds is 2. The molecule has 0 saturated heterocycles. The molecule has 1 rings (SSSR count). The fourth-order valence-electron chi connectivity index (χ4n) is 1.07. The highest BCUT2D eigenvalue weighted by Crippen LogP contribution is 2.24. The van der Waals surface area contributed by atoms with Crippen molar-refractivity contribution in [3.63, 3.8) is 0 Å². The van der Waals surface area contributed by atoms with Crippen molar-refractivity contribution in [3.8, 4) is 5.75 Å². The standard InChI is InChI=1S/C10H11ClO/c1-7-6-9(12-3)4-5-10(7)8(2)11/h4-6H,2H2,1,3H3. The fourth-order valence-corrected chi connectivity index (χ4v) is 1.28. The average Bonchev–Trinajstić information content (AvgIpc) is 2.03. The van der Waals surface area contributed by atoms with Gasteiger partial charge in [-0.2, -0.15) is 0 Å². The monoisotopic (exact) mass is 182 g/mol. The first-order chi connectivity index (χ1) is 5.65. The summed E-state index contributed by atoms with van der Waals surface area (Å²) in [7, 11) is 1.64. The zero-order valence-electron chi connectivity index (χ0n) is 7.23. The molecule has 0 radical (unpaired) electrons. The van der Waals surface area contributed by atoms with Gasteiger partial charge < -0.3 is 4.74 Å². The SMILES string of the molecule is C=C(Cl)c1ccc(OC)cc1C. The van der Waals surface area contributed by atoms with Crippen LogP contribution in [0, 0.1) is 6.92 Å². The van der Waals surface area contributed by atoms with Crippen molar-refractivity contribution >= 4 is 16.6 Å². The van der Waals surface area contributed by atoms with Crippen LogP contribution in [0.5, 0.6) is 5.75 Å². The Kier molecular flexibility index (Phi) is 2.77. The second kappa shape index (κ2) is 3.63. The van der Waals surface area contributed by atoms with Gasteiger partial charge in [-0.1, -0.05) is 18.2 Å². The molecule has 0 spiro atoms. The topological polar surface area (TPSA) is 9.23 Å². The molecule has 2 heteroatoms. The van der Waals surface area contributed by atoms with Gasteiger partial charge in [0.2, 0.25) is 0 Å². The Morgan fingerprint density at radius 3 is 2.58 bits per heavy atom. The van der Waals surface area contributed by atoms with Crippen molar-refractivity contribution in [2.24, 2.45) is 0 Å². The Bertz CT molecular complexity index is 305. The van der Waals surface area contributed by atoms with E-state index in [0.717, 1.165) is 16.9 Å². The lowest BCUT2D eigenvalue weighted by molar-refractivity contribution is 0.414. The van der Waals surface area contributed by atoms with Crippen LogP contribution in [0.2, 0.25) is 0 Å². The molecular weight excluding hydrogens is 172 g/mol. The number of methoxy groups -OCH3 is 1. The van der Waals surface area contributed by atoms with Crippen LogP contribution >= 0.6 is 11.6 Å². The van der Waals surface area contributed by atoms with Gasteiger partial charge in [0.1, 0.15) is 5.75 Å². The molecule has 0 aliphatic carbocycles. The highest BCUT2D eigenvalue weighted by atomic mass is 35.5. The molecule has 1 aromatic rings. The van der Waals surface area contributed by atoms with Crippen molar-refractivity contribution in [2.75, 3.05) is 7.11 Å². The molecule has 12 heavy (non-hydrogen) atoms. The molecule has 0 saturated carbocycles. The van der Waals surface area contributed by atoms with Crippen LogP contribution in [0.4, 0.5) is 0 Å². The van der Waals surface area contributed by atoms with Crippen molar-refractivity contribution in [1.29, 1.82) is 0 Å². The van der Waals surface area contributed by atoms with Gasteiger partial charge in [0, 0.05) is 5.03 Å². The van der Waals surface area contributed by atoms with Crippen LogP contribution in [-0.4, -0.2) is 7.11 Å². The van der Waals surface area contributed by atoms with E-state index in [-0.39, 0.29) is 0 Å². The first-order valence-electron chi connectivity index (χ1n) is 3.64. The molecule has 0 fully saturated rings. The van der Waals surface area contributed by atoms with Crippen molar-refractivity contribution < 1.29 is 4.74 Å². The molecule has 0 aliphatic rings. The Labute approximate surface area is 77.6 Å². The highest BCUT2D eigenvalue weighted by Gasteiger charge is 2.01. The molecule has 64 valence electrons. The van der Waals surface area contributed by atoms with Crippen LogP contribution < -0.4 is 4.74 Å². The summed E-state index contributed by atoms with van der Waals surface area (Å²) in [5.41, 5.74) is 2.05. The molecule has 0 aliphatic heterocycles. The minimum Gasteiger partial charge on any atom is -0.497 e. The van der Waals surface area contributed by atoms with E-state index in [4.69, 9.17) is 16.3 Å². The van der Waals surface area contributed by atoms with E-state index in [2.05, 4.69) is 6.58 Å². The first kappa shape index (κ1) is 9.14. The summed E-state index contributed by atoms with van der Waals surface area (Å²) in [6.45, 7) is 5.64. The predicted octanol–water partition coefficient (Wildman–Crippen LogP) is 3.21. The van der Waals surface area contributed by atoms with Gasteiger partial charge >= 0.3 is 0 Å². The first-order valence-corrected chi connectivity index (χ1v) is 4.02. The summed E-state index contributed by atoms with van der Waals surface area (Å²) >= 11 is 5.77. The summed E-state index contributed by atoms with van der Waals surface area (Å²) in [5, 5.41) is 0.565. The summed E-state index contributed by atoms with van der Waals surface area (Å²) < 4.78 is 5.06. The molecule has 0 amide bonds. The van der Waals surface area contributed by atoms with Crippen LogP contribution in [0.25, 0.3) is 5.03 Å². The van der Waals surface area contributed by atoms with E-state index in [9.17, 15) is 0 Å². The normalized spacial score (nSPS) is 9.58. The maximum Gasteiger partial charge on any atom is 0.119 e. The van der Waals surface area contributed by atoms with E-state index in [0.29, 0.717) is 5.03 Å². The van der Waals surface area contributed by atoms with Crippen molar-refractivity contribution in [1.82, 2.24) is 0 Å². The lowest BCUT2D eigenvalue weighted by atomic mass is 10.1. The second-order valence-electron chi connectivity index (χ2n) is 2.59. The molecule has 0 N–H and O–H groups in total. The number of hydrogen-bond acceptors (Lipinski definition) is 1. The third kappa shape index (κ3) is 1.80. The van der Waals surface area contributed by atoms with E-state index < -0.39 is 0 Å². The van der Waals surface area contributed by atoms with Crippen LogP contribution in [0.1, 0.15) is 11.1 Å². The highest BCUT2D eigenvalue weighted by molar-refractivity contribution is 6.48. The molecule has 0 bridgehead atoms. The predicted molar refractivity (Wildman–Crippen MR) is 52.6 cm³/mol. The number of ether oxygens (including phenoxy) is 1. The third-order valence-electron chi connectivity index (χ3n) is 1.73. The summed E-state index contributed by atoms with van der Waals surface area (Å²) in [6.07, 6.45) is 0. The molecule has 1 nitrogen and oxygen atoms in total. The molecule has 0 atom stereocenters. The Morgan fingerprint density at radius 2 is 2.17 bits per heavy atom. The molecule has 0 aromatic heterocycles. The van der Waals surface area contributed by atoms with Crippen molar-refractivity contribution in [2.45, 2.75) is 6.92 Å². The number of halogens is 1. The van der Waals surface area contributed by atoms with Crippen LogP contribution in [0.3, 0.4) is 0 Å². The van der Waals surface area contributed by atoms with Gasteiger partial charge in [0.25, 0.3) is 0 Å². The number of hydrogen-bond donors (Lipinski definition) is 0. The Hall–Kier alpha value is -0.950. The second-order valence-corrected chi connectivity index (χ2v) is 3.04. The third-order valence-corrected chi connectivity index (χ3v) is 1.93. The summed E-state index contributed by atoms with van der Waals surface area (Å²) in [6, 6.07) is 5.71. The summed E-state index contributed by atoms with van der Waals surface area (Å²) in [5.74, 6) is 0.842. The van der Waals surface area contributed by atoms with Gasteiger partial charge in [-0.15, -0.1) is 0 Å². The maximum absolute atomic E-state index is 5.77. The molecule has 0 heterocycles. The lowest BCUT2D eigenvalue weighted by Gasteiger charge is -2.05. The maximum atomic E-state index is 5.77. The average molecular weight is 183 g/mol. The zero-order chi connectivity index (χ0) is 9.14. The van der Waals surface area contributed by atoms with Gasteiger partial charge in [-0.25, -0.2) is 0 Å². The smallest absolute Gasteiger partial charge is 0.119 e. The van der Waals surface area contributed by atoms with E-state index in [1.165, 1.54) is 0 Å². The number of benzene rings is 1. The Morgan fingerprint density at radius 1 is 1.50 bits per heavy atom. The molecule has 1 aromatic carbocycles. The summed E-state index contributed by atoms with van der Waals surface area (Å²) in [4.78, 5) is 0. The fraction of sp³-hybridized carbons (Fsp3) is 0.200.